The lowest BCUT2D eigenvalue weighted by atomic mass is 10.1. The normalized spacial score (nSPS) is 14.8. The molecule has 1 aliphatic heterocycles. The Labute approximate surface area is 199 Å². The van der Waals surface area contributed by atoms with Gasteiger partial charge in [0.2, 0.25) is 6.79 Å². The first kappa shape index (κ1) is 21.1. The zero-order valence-electron chi connectivity index (χ0n) is 19.7. The molecule has 4 aromatic rings. The first-order valence-corrected chi connectivity index (χ1v) is 11.9. The summed E-state index contributed by atoms with van der Waals surface area (Å²) in [5.74, 6) is 3.43. The second-order valence-electron chi connectivity index (χ2n) is 9.18. The molecule has 0 bridgehead atoms. The van der Waals surface area contributed by atoms with Crippen molar-refractivity contribution in [3.63, 3.8) is 0 Å². The van der Waals surface area contributed by atoms with Gasteiger partial charge >= 0.3 is 0 Å². The van der Waals surface area contributed by atoms with Crippen LogP contribution in [0.4, 0.5) is 0 Å². The molecule has 0 N–H and O–H groups in total. The lowest BCUT2D eigenvalue weighted by molar-refractivity contribution is 0.174. The SMILES string of the molecule is COc1ccn2c(CCCN(C)C3Cc4ccccc4C3)nc(-c3ccc4c(c3)OCO4)c2c1. The van der Waals surface area contributed by atoms with E-state index < -0.39 is 0 Å². The van der Waals surface area contributed by atoms with Crippen LogP contribution in [0.1, 0.15) is 23.4 Å². The van der Waals surface area contributed by atoms with Gasteiger partial charge in [-0.1, -0.05) is 24.3 Å². The molecule has 6 heteroatoms. The molecule has 0 unspecified atom stereocenters. The fraction of sp³-hybridized carbons (Fsp3) is 0.321. The summed E-state index contributed by atoms with van der Waals surface area (Å²) >= 11 is 0. The predicted octanol–water partition coefficient (Wildman–Crippen LogP) is 4.77. The highest BCUT2D eigenvalue weighted by Gasteiger charge is 2.24. The molecule has 0 radical (unpaired) electrons. The Hall–Kier alpha value is -3.51. The average Bonchev–Trinajstić information content (AvgIpc) is 3.59. The van der Waals surface area contributed by atoms with Gasteiger partial charge < -0.3 is 23.5 Å². The number of imidazole rings is 1. The number of hydrogen-bond acceptors (Lipinski definition) is 5. The van der Waals surface area contributed by atoms with Crippen LogP contribution in [-0.2, 0) is 19.3 Å². The highest BCUT2D eigenvalue weighted by molar-refractivity contribution is 5.80. The minimum atomic E-state index is 0.265. The van der Waals surface area contributed by atoms with E-state index in [-0.39, 0.29) is 6.79 Å². The van der Waals surface area contributed by atoms with Crippen LogP contribution in [0.25, 0.3) is 16.8 Å². The third kappa shape index (κ3) is 3.78. The van der Waals surface area contributed by atoms with Gasteiger partial charge in [-0.3, -0.25) is 0 Å². The number of ether oxygens (including phenoxy) is 3. The van der Waals surface area contributed by atoms with Gasteiger partial charge in [0.1, 0.15) is 11.6 Å². The number of likely N-dealkylation sites (N-methyl/N-ethyl adjacent to an activating group) is 1. The highest BCUT2D eigenvalue weighted by Crippen LogP contribution is 2.37. The maximum absolute atomic E-state index is 5.60. The number of rotatable bonds is 7. The third-order valence-electron chi connectivity index (χ3n) is 7.13. The number of fused-ring (bicyclic) bond motifs is 3. The number of aromatic nitrogens is 2. The first-order chi connectivity index (χ1) is 16.7. The van der Waals surface area contributed by atoms with Gasteiger partial charge in [0.25, 0.3) is 0 Å². The van der Waals surface area contributed by atoms with Crippen molar-refractivity contribution in [3.8, 4) is 28.5 Å². The summed E-state index contributed by atoms with van der Waals surface area (Å²) in [4.78, 5) is 7.59. The quantitative estimate of drug-likeness (QED) is 0.402. The number of hydrogen-bond donors (Lipinski definition) is 0. The number of methoxy groups -OCH3 is 1. The van der Waals surface area contributed by atoms with Gasteiger partial charge in [-0.25, -0.2) is 4.98 Å². The minimum absolute atomic E-state index is 0.265. The summed E-state index contributed by atoms with van der Waals surface area (Å²) in [6, 6.07) is 19.5. The molecule has 6 nitrogen and oxygen atoms in total. The van der Waals surface area contributed by atoms with E-state index in [9.17, 15) is 0 Å². The topological polar surface area (TPSA) is 48.2 Å². The Balaban J connectivity index is 1.21. The summed E-state index contributed by atoms with van der Waals surface area (Å²) in [6.45, 7) is 1.31. The average molecular weight is 456 g/mol. The standard InChI is InChI=1S/C28H29N3O3/c1-30(22-14-19-6-3-4-7-20(19)15-22)12-5-8-27-29-28(24-17-23(32-2)11-13-31(24)27)21-9-10-25-26(16-21)34-18-33-25/h3-4,6-7,9-11,13,16-17,22H,5,8,12,14-15,18H2,1-2H3. The smallest absolute Gasteiger partial charge is 0.231 e. The maximum atomic E-state index is 5.60. The molecule has 0 spiro atoms. The lowest BCUT2D eigenvalue weighted by Gasteiger charge is -2.23. The van der Waals surface area contributed by atoms with Crippen LogP contribution in [0, 0.1) is 0 Å². The van der Waals surface area contributed by atoms with E-state index >= 15 is 0 Å². The number of pyridine rings is 1. The number of nitrogens with zero attached hydrogens (tertiary/aromatic N) is 3. The van der Waals surface area contributed by atoms with Crippen LogP contribution in [0.15, 0.2) is 60.8 Å². The maximum Gasteiger partial charge on any atom is 0.231 e. The Bertz CT molecular complexity index is 1320. The van der Waals surface area contributed by atoms with E-state index in [0.29, 0.717) is 6.04 Å². The highest BCUT2D eigenvalue weighted by atomic mass is 16.7. The van der Waals surface area contributed by atoms with E-state index in [1.165, 1.54) is 11.1 Å². The Morgan fingerprint density at radius 2 is 1.82 bits per heavy atom. The van der Waals surface area contributed by atoms with Gasteiger partial charge in [-0.2, -0.15) is 0 Å². The molecule has 6 rings (SSSR count). The second kappa shape index (κ2) is 8.69. The largest absolute Gasteiger partial charge is 0.497 e. The van der Waals surface area contributed by atoms with Gasteiger partial charge in [0, 0.05) is 30.3 Å². The van der Waals surface area contributed by atoms with Gasteiger partial charge in [-0.15, -0.1) is 0 Å². The summed E-state index contributed by atoms with van der Waals surface area (Å²) < 4.78 is 18.8. The fourth-order valence-corrected chi connectivity index (χ4v) is 5.20. The second-order valence-corrected chi connectivity index (χ2v) is 9.18. The van der Waals surface area contributed by atoms with Crippen LogP contribution in [0.2, 0.25) is 0 Å². The molecule has 2 aromatic heterocycles. The fourth-order valence-electron chi connectivity index (χ4n) is 5.20. The zero-order valence-corrected chi connectivity index (χ0v) is 19.7. The summed E-state index contributed by atoms with van der Waals surface area (Å²) in [6.07, 6.45) is 6.31. The van der Waals surface area contributed by atoms with Crippen molar-refractivity contribution in [2.45, 2.75) is 31.7 Å². The Morgan fingerprint density at radius 3 is 2.62 bits per heavy atom. The van der Waals surface area contributed by atoms with Gasteiger partial charge in [0.15, 0.2) is 11.5 Å². The van der Waals surface area contributed by atoms with E-state index in [0.717, 1.165) is 72.1 Å². The molecule has 0 saturated carbocycles. The summed E-state index contributed by atoms with van der Waals surface area (Å²) in [5, 5.41) is 0. The molecule has 0 fully saturated rings. The van der Waals surface area contributed by atoms with E-state index in [1.807, 2.05) is 24.3 Å². The molecular formula is C28H29N3O3. The molecule has 34 heavy (non-hydrogen) atoms. The number of benzene rings is 2. The lowest BCUT2D eigenvalue weighted by Crippen LogP contribution is -2.33. The molecule has 0 amide bonds. The van der Waals surface area contributed by atoms with Gasteiger partial charge in [-0.05, 0) is 68.2 Å². The van der Waals surface area contributed by atoms with Crippen LogP contribution in [0.3, 0.4) is 0 Å². The molecule has 3 heterocycles. The van der Waals surface area contributed by atoms with Crippen molar-refractivity contribution in [2.24, 2.45) is 0 Å². The van der Waals surface area contributed by atoms with Crippen LogP contribution in [0.5, 0.6) is 17.2 Å². The first-order valence-electron chi connectivity index (χ1n) is 11.9. The van der Waals surface area contributed by atoms with E-state index in [1.54, 1.807) is 7.11 Å². The van der Waals surface area contributed by atoms with Crippen molar-refractivity contribution in [3.05, 3.63) is 77.7 Å². The van der Waals surface area contributed by atoms with Crippen LogP contribution in [-0.4, -0.2) is 47.8 Å². The molecule has 174 valence electrons. The van der Waals surface area contributed by atoms with Gasteiger partial charge in [0.05, 0.1) is 18.3 Å². The molecular weight excluding hydrogens is 426 g/mol. The van der Waals surface area contributed by atoms with E-state index in [4.69, 9.17) is 19.2 Å². The van der Waals surface area contributed by atoms with Crippen molar-refractivity contribution in [1.82, 2.24) is 14.3 Å². The molecule has 0 saturated heterocycles. The number of aryl methyl sites for hydroxylation is 1. The van der Waals surface area contributed by atoms with Crippen molar-refractivity contribution >= 4 is 5.52 Å². The zero-order chi connectivity index (χ0) is 23.1. The Morgan fingerprint density at radius 1 is 1.03 bits per heavy atom. The van der Waals surface area contributed by atoms with Crippen molar-refractivity contribution in [1.29, 1.82) is 0 Å². The molecule has 1 aliphatic carbocycles. The van der Waals surface area contributed by atoms with Crippen LogP contribution < -0.4 is 14.2 Å². The van der Waals surface area contributed by atoms with Crippen molar-refractivity contribution in [2.75, 3.05) is 27.5 Å². The van der Waals surface area contributed by atoms with Crippen molar-refractivity contribution < 1.29 is 14.2 Å². The predicted molar refractivity (Wildman–Crippen MR) is 132 cm³/mol. The molecule has 0 atom stereocenters. The molecule has 2 aromatic carbocycles. The van der Waals surface area contributed by atoms with Crippen LogP contribution >= 0.6 is 0 Å². The monoisotopic (exact) mass is 455 g/mol. The summed E-state index contributed by atoms with van der Waals surface area (Å²) in [5.41, 5.74) is 5.99. The third-order valence-corrected chi connectivity index (χ3v) is 7.13. The minimum Gasteiger partial charge on any atom is -0.497 e. The van der Waals surface area contributed by atoms with E-state index in [2.05, 4.69) is 52.9 Å². The summed E-state index contributed by atoms with van der Waals surface area (Å²) in [7, 11) is 3.95. The molecule has 2 aliphatic rings. The Kier molecular flexibility index (Phi) is 5.38.